The number of benzene rings is 8. The Balaban J connectivity index is 1.06. The van der Waals surface area contributed by atoms with Crippen LogP contribution < -0.4 is 4.90 Å². The van der Waals surface area contributed by atoms with Gasteiger partial charge in [-0.25, -0.2) is 0 Å². The van der Waals surface area contributed by atoms with E-state index in [0.29, 0.717) is 0 Å². The summed E-state index contributed by atoms with van der Waals surface area (Å²) in [6, 6.07) is 75.6. The number of para-hydroxylation sites is 1. The minimum absolute atomic E-state index is 1.06. The zero-order chi connectivity index (χ0) is 40.7. The third-order valence-corrected chi connectivity index (χ3v) is 12.4. The second-order valence-corrected chi connectivity index (χ2v) is 16.1. The van der Waals surface area contributed by atoms with E-state index in [4.69, 9.17) is 0 Å². The van der Waals surface area contributed by atoms with Gasteiger partial charge in [0, 0.05) is 33.5 Å². The number of aromatic nitrogens is 1. The van der Waals surface area contributed by atoms with Crippen LogP contribution in [0.2, 0.25) is 0 Å². The lowest BCUT2D eigenvalue weighted by Gasteiger charge is -2.27. The Morgan fingerprint density at radius 3 is 1.84 bits per heavy atom. The molecule has 290 valence electrons. The van der Waals surface area contributed by atoms with Crippen molar-refractivity contribution in [1.29, 1.82) is 0 Å². The van der Waals surface area contributed by atoms with Crippen molar-refractivity contribution >= 4 is 76.9 Å². The van der Waals surface area contributed by atoms with Gasteiger partial charge in [-0.15, -0.1) is 0 Å². The lowest BCUT2D eigenvalue weighted by atomic mass is 9.98. The second-order valence-electron chi connectivity index (χ2n) is 16.1. The van der Waals surface area contributed by atoms with E-state index >= 15 is 0 Å². The van der Waals surface area contributed by atoms with Gasteiger partial charge in [-0.1, -0.05) is 170 Å². The molecule has 10 aromatic rings. The minimum atomic E-state index is 1.06. The molecule has 0 fully saturated rings. The normalized spacial score (nSPS) is 12.6. The molecule has 1 aliphatic carbocycles. The van der Waals surface area contributed by atoms with Crippen molar-refractivity contribution in [3.05, 3.63) is 230 Å². The fourth-order valence-electron chi connectivity index (χ4n) is 9.38. The van der Waals surface area contributed by atoms with Crippen LogP contribution in [0.1, 0.15) is 18.4 Å². The first kappa shape index (κ1) is 36.4. The summed E-state index contributed by atoms with van der Waals surface area (Å²) in [4.78, 5) is 2.41. The van der Waals surface area contributed by atoms with Crippen molar-refractivity contribution in [1.82, 2.24) is 4.57 Å². The molecular weight excluding hydrogens is 737 g/mol. The minimum Gasteiger partial charge on any atom is -0.310 e. The fourth-order valence-corrected chi connectivity index (χ4v) is 9.38. The van der Waals surface area contributed by atoms with Gasteiger partial charge in [0.15, 0.2) is 0 Å². The number of allylic oxidation sites excluding steroid dienone is 4. The average Bonchev–Trinajstić information content (AvgIpc) is 3.66. The Kier molecular flexibility index (Phi) is 9.24. The van der Waals surface area contributed by atoms with E-state index in [-0.39, 0.29) is 0 Å². The van der Waals surface area contributed by atoms with Gasteiger partial charge >= 0.3 is 0 Å². The van der Waals surface area contributed by atoms with Gasteiger partial charge in [0.25, 0.3) is 0 Å². The molecule has 1 heterocycles. The summed E-state index contributed by atoms with van der Waals surface area (Å²) in [5.74, 6) is 0. The number of anilines is 3. The molecule has 0 amide bonds. The molecule has 9 aromatic carbocycles. The van der Waals surface area contributed by atoms with E-state index in [0.717, 1.165) is 41.0 Å². The average molecular weight is 781 g/mol. The van der Waals surface area contributed by atoms with Crippen LogP contribution in [0, 0.1) is 6.92 Å². The van der Waals surface area contributed by atoms with E-state index in [1.807, 2.05) is 0 Å². The third-order valence-electron chi connectivity index (χ3n) is 12.4. The van der Waals surface area contributed by atoms with Crippen LogP contribution in [-0.4, -0.2) is 4.57 Å². The van der Waals surface area contributed by atoms with Crippen LogP contribution in [-0.2, 0) is 0 Å². The predicted molar refractivity (Wildman–Crippen MR) is 263 cm³/mol. The molecule has 2 nitrogen and oxygen atoms in total. The number of aryl methyl sites for hydroxylation is 1. The highest BCUT2D eigenvalue weighted by Gasteiger charge is 2.19. The van der Waals surface area contributed by atoms with E-state index in [9.17, 15) is 0 Å². The summed E-state index contributed by atoms with van der Waals surface area (Å²) >= 11 is 0. The summed E-state index contributed by atoms with van der Waals surface area (Å²) in [6.07, 6.45) is 9.08. The van der Waals surface area contributed by atoms with Gasteiger partial charge in [-0.05, 0) is 135 Å². The molecular formula is C59H44N2. The lowest BCUT2D eigenvalue weighted by Crippen LogP contribution is -2.10. The maximum absolute atomic E-state index is 2.44. The van der Waals surface area contributed by atoms with Gasteiger partial charge in [-0.2, -0.15) is 0 Å². The number of hydrogen-bond donors (Lipinski definition) is 0. The Morgan fingerprint density at radius 2 is 1.02 bits per heavy atom. The monoisotopic (exact) mass is 780 g/mol. The molecule has 2 heteroatoms. The summed E-state index contributed by atoms with van der Waals surface area (Å²) in [7, 11) is 0. The number of rotatable bonds is 6. The zero-order valence-electron chi connectivity index (χ0n) is 34.2. The molecule has 0 aliphatic heterocycles. The third kappa shape index (κ3) is 6.63. The van der Waals surface area contributed by atoms with Crippen molar-refractivity contribution in [3.8, 4) is 22.3 Å². The standard InChI is InChI=1S/C59H44N2/c1-41-29-30-42(15-5-6-16-44-17-7-9-23-52(41)44)43-33-35-49(36-34-43)60(51-37-38-54-47(40-51)32-31-45-18-8-10-24-53(45)54)50-22-13-19-46(39-50)55-26-14-28-58-59(55)56-25-11-12-27-57(56)61(58)48-20-3-2-4-21-48/h3,5-40H,2,4H2,1H3. The fraction of sp³-hybridized carbons (Fsp3) is 0.0508. The molecule has 0 saturated heterocycles. The molecule has 61 heavy (non-hydrogen) atoms. The lowest BCUT2D eigenvalue weighted by molar-refractivity contribution is 1.02. The summed E-state index contributed by atoms with van der Waals surface area (Å²) < 4.78 is 2.44. The molecule has 0 atom stereocenters. The smallest absolute Gasteiger partial charge is 0.0547 e. The first-order chi connectivity index (χ1) is 30.2. The Morgan fingerprint density at radius 1 is 0.410 bits per heavy atom. The molecule has 0 spiro atoms. The highest BCUT2D eigenvalue weighted by Crippen LogP contribution is 2.43. The largest absolute Gasteiger partial charge is 0.310 e. The van der Waals surface area contributed by atoms with Crippen LogP contribution in [0.5, 0.6) is 0 Å². The Labute approximate surface area is 356 Å². The summed E-state index contributed by atoms with van der Waals surface area (Å²) in [5, 5.41) is 10.0. The topological polar surface area (TPSA) is 8.17 Å². The molecule has 0 bridgehead atoms. The molecule has 0 radical (unpaired) electrons. The number of nitrogens with zero attached hydrogens (tertiary/aromatic N) is 2. The molecule has 1 aromatic heterocycles. The van der Waals surface area contributed by atoms with Crippen LogP contribution in [0.25, 0.3) is 82.1 Å². The van der Waals surface area contributed by atoms with Gasteiger partial charge in [0.2, 0.25) is 0 Å². The SMILES string of the molecule is Cc1ccc(-c2ccc(N(c3cccc(-c4cccc5c4c4ccccc4n5C4=CCCC=C4)c3)c3ccc4c(ccc5ccccc54)c3)cc2)ccccc2ccccc12. The highest BCUT2D eigenvalue weighted by molar-refractivity contribution is 6.17. The Hall–Kier alpha value is -7.68. The maximum Gasteiger partial charge on any atom is 0.0547 e. The van der Waals surface area contributed by atoms with Crippen LogP contribution in [0.4, 0.5) is 17.1 Å². The van der Waals surface area contributed by atoms with Crippen molar-refractivity contribution < 1.29 is 0 Å². The molecule has 1 aliphatic rings. The van der Waals surface area contributed by atoms with E-state index in [1.165, 1.54) is 76.5 Å². The summed E-state index contributed by atoms with van der Waals surface area (Å²) in [6.45, 7) is 2.19. The van der Waals surface area contributed by atoms with Gasteiger partial charge in [0.05, 0.1) is 11.0 Å². The second kappa shape index (κ2) is 15.5. The molecule has 0 N–H and O–H groups in total. The maximum atomic E-state index is 2.44. The first-order valence-corrected chi connectivity index (χ1v) is 21.3. The first-order valence-electron chi connectivity index (χ1n) is 21.3. The summed E-state index contributed by atoms with van der Waals surface area (Å²) in [5.41, 5.74) is 13.0. The predicted octanol–water partition coefficient (Wildman–Crippen LogP) is 16.7. The van der Waals surface area contributed by atoms with E-state index in [2.05, 4.69) is 241 Å². The van der Waals surface area contributed by atoms with Crippen LogP contribution in [0.3, 0.4) is 0 Å². The zero-order valence-corrected chi connectivity index (χ0v) is 34.2. The van der Waals surface area contributed by atoms with Gasteiger partial charge < -0.3 is 9.47 Å². The van der Waals surface area contributed by atoms with Gasteiger partial charge in [0.1, 0.15) is 0 Å². The molecule has 0 unspecified atom stereocenters. The van der Waals surface area contributed by atoms with E-state index < -0.39 is 0 Å². The van der Waals surface area contributed by atoms with Crippen LogP contribution in [0.15, 0.2) is 224 Å². The van der Waals surface area contributed by atoms with Crippen molar-refractivity contribution in [3.63, 3.8) is 0 Å². The van der Waals surface area contributed by atoms with Crippen molar-refractivity contribution in [2.45, 2.75) is 19.8 Å². The quantitative estimate of drug-likeness (QED) is 0.153. The Bertz CT molecular complexity index is 3440. The highest BCUT2D eigenvalue weighted by atomic mass is 15.1. The number of hydrogen-bond acceptors (Lipinski definition) is 1. The van der Waals surface area contributed by atoms with Crippen molar-refractivity contribution in [2.75, 3.05) is 4.90 Å². The van der Waals surface area contributed by atoms with Crippen molar-refractivity contribution in [2.24, 2.45) is 0 Å². The molecule has 11 rings (SSSR count). The van der Waals surface area contributed by atoms with Crippen LogP contribution >= 0.6 is 0 Å². The van der Waals surface area contributed by atoms with E-state index in [1.54, 1.807) is 0 Å². The molecule has 0 saturated carbocycles. The number of fused-ring (bicyclic) bond motifs is 7. The van der Waals surface area contributed by atoms with Gasteiger partial charge in [-0.3, -0.25) is 0 Å².